The number of likely N-dealkylation sites (tertiary alicyclic amines) is 1. The number of rotatable bonds is 4. The largest absolute Gasteiger partial charge is 0.330 e. The lowest BCUT2D eigenvalue weighted by Crippen LogP contribution is -2.43. The zero-order valence-electron chi connectivity index (χ0n) is 12.5. The number of halogens is 1. The van der Waals surface area contributed by atoms with E-state index >= 15 is 0 Å². The van der Waals surface area contributed by atoms with Gasteiger partial charge in [-0.05, 0) is 43.7 Å². The summed E-state index contributed by atoms with van der Waals surface area (Å²) in [6.45, 7) is 7.54. The van der Waals surface area contributed by atoms with Crippen molar-refractivity contribution in [3.8, 4) is 0 Å². The highest BCUT2D eigenvalue weighted by molar-refractivity contribution is 7.88. The van der Waals surface area contributed by atoms with Gasteiger partial charge in [0.2, 0.25) is 10.0 Å². The first-order valence-electron chi connectivity index (χ1n) is 7.20. The average Bonchev–Trinajstić information content (AvgIpc) is 2.71. The second-order valence-corrected chi connectivity index (χ2v) is 8.61. The molecule has 2 saturated heterocycles. The van der Waals surface area contributed by atoms with Gasteiger partial charge in [0.05, 0.1) is 6.26 Å². The van der Waals surface area contributed by atoms with Crippen molar-refractivity contribution in [2.45, 2.75) is 26.2 Å². The molecule has 2 unspecified atom stereocenters. The summed E-state index contributed by atoms with van der Waals surface area (Å²) in [5.74, 6) is 0.476. The highest BCUT2D eigenvalue weighted by Gasteiger charge is 2.34. The van der Waals surface area contributed by atoms with Gasteiger partial charge in [-0.3, -0.25) is 0 Å². The van der Waals surface area contributed by atoms with Crippen molar-refractivity contribution in [3.05, 3.63) is 0 Å². The van der Waals surface area contributed by atoms with E-state index in [1.807, 2.05) is 0 Å². The van der Waals surface area contributed by atoms with E-state index in [0.29, 0.717) is 19.0 Å². The van der Waals surface area contributed by atoms with Crippen LogP contribution in [0.15, 0.2) is 0 Å². The van der Waals surface area contributed by atoms with Crippen molar-refractivity contribution in [2.24, 2.45) is 17.1 Å². The minimum atomic E-state index is -3.03. The summed E-state index contributed by atoms with van der Waals surface area (Å²) in [6.07, 6.45) is 4.60. The van der Waals surface area contributed by atoms with Crippen molar-refractivity contribution >= 4 is 22.4 Å². The molecule has 2 aliphatic rings. The molecule has 2 rings (SSSR count). The van der Waals surface area contributed by atoms with Gasteiger partial charge in [0.15, 0.2) is 0 Å². The van der Waals surface area contributed by atoms with E-state index in [-0.39, 0.29) is 17.8 Å². The molecule has 20 heavy (non-hydrogen) atoms. The quantitative estimate of drug-likeness (QED) is 0.828. The Labute approximate surface area is 129 Å². The van der Waals surface area contributed by atoms with Crippen LogP contribution in [0.1, 0.15) is 26.2 Å². The lowest BCUT2D eigenvalue weighted by atomic mass is 9.90. The van der Waals surface area contributed by atoms with Crippen LogP contribution in [0.3, 0.4) is 0 Å². The summed E-state index contributed by atoms with van der Waals surface area (Å²) >= 11 is 0. The first kappa shape index (κ1) is 18.2. The lowest BCUT2D eigenvalue weighted by molar-refractivity contribution is 0.188. The predicted molar refractivity (Wildman–Crippen MR) is 84.6 cm³/mol. The predicted octanol–water partition coefficient (Wildman–Crippen LogP) is 0.751. The third kappa shape index (κ3) is 4.56. The highest BCUT2D eigenvalue weighted by Crippen LogP contribution is 2.30. The molecule has 2 N–H and O–H groups in total. The molecule has 0 amide bonds. The Morgan fingerprint density at radius 1 is 1.35 bits per heavy atom. The molecular weight excluding hydrogens is 298 g/mol. The van der Waals surface area contributed by atoms with Crippen LogP contribution >= 0.6 is 12.4 Å². The molecule has 7 heteroatoms. The first-order chi connectivity index (χ1) is 8.82. The van der Waals surface area contributed by atoms with E-state index in [4.69, 9.17) is 5.73 Å². The number of sulfonamides is 1. The monoisotopic (exact) mass is 325 g/mol. The summed E-state index contributed by atoms with van der Waals surface area (Å²) in [5.41, 5.74) is 6.08. The smallest absolute Gasteiger partial charge is 0.211 e. The molecule has 2 atom stereocenters. The maximum atomic E-state index is 11.6. The fourth-order valence-electron chi connectivity index (χ4n) is 3.29. The van der Waals surface area contributed by atoms with Crippen molar-refractivity contribution in [2.75, 3.05) is 45.5 Å². The standard InChI is InChI=1S/C13H27N3O2S.ClH/c1-13(10-14)5-7-15(11-13)8-12-4-3-6-16(9-12)19(2,17)18;/h12H,3-11,14H2,1-2H3;1H. The van der Waals surface area contributed by atoms with Crippen molar-refractivity contribution in [1.82, 2.24) is 9.21 Å². The van der Waals surface area contributed by atoms with E-state index in [2.05, 4.69) is 11.8 Å². The van der Waals surface area contributed by atoms with Crippen LogP contribution in [0.4, 0.5) is 0 Å². The van der Waals surface area contributed by atoms with Gasteiger partial charge in [-0.1, -0.05) is 6.92 Å². The normalized spacial score (nSPS) is 33.0. The summed E-state index contributed by atoms with van der Waals surface area (Å²) in [6, 6.07) is 0. The zero-order chi connectivity index (χ0) is 14.1. The van der Waals surface area contributed by atoms with Crippen LogP contribution in [0.5, 0.6) is 0 Å². The van der Waals surface area contributed by atoms with Gasteiger partial charge >= 0.3 is 0 Å². The van der Waals surface area contributed by atoms with Gasteiger partial charge in [-0.25, -0.2) is 12.7 Å². The van der Waals surface area contributed by atoms with Gasteiger partial charge in [0.25, 0.3) is 0 Å². The van der Waals surface area contributed by atoms with E-state index in [1.54, 1.807) is 4.31 Å². The molecule has 0 aromatic heterocycles. The van der Waals surface area contributed by atoms with Crippen LogP contribution in [0.2, 0.25) is 0 Å². The Morgan fingerprint density at radius 2 is 2.05 bits per heavy atom. The lowest BCUT2D eigenvalue weighted by Gasteiger charge is -2.33. The fraction of sp³-hybridized carbons (Fsp3) is 1.00. The molecule has 0 aliphatic carbocycles. The summed E-state index contributed by atoms with van der Waals surface area (Å²) < 4.78 is 24.9. The first-order valence-corrected chi connectivity index (χ1v) is 9.05. The van der Waals surface area contributed by atoms with Gasteiger partial charge in [-0.15, -0.1) is 12.4 Å². The Morgan fingerprint density at radius 3 is 2.60 bits per heavy atom. The highest BCUT2D eigenvalue weighted by atomic mass is 35.5. The number of nitrogens with two attached hydrogens (primary N) is 1. The third-order valence-corrected chi connectivity index (χ3v) is 5.87. The van der Waals surface area contributed by atoms with Crippen LogP contribution in [0.25, 0.3) is 0 Å². The Balaban J connectivity index is 0.00000200. The maximum Gasteiger partial charge on any atom is 0.211 e. The minimum absolute atomic E-state index is 0. The van der Waals surface area contributed by atoms with E-state index < -0.39 is 10.0 Å². The molecule has 0 bridgehead atoms. The number of piperidine rings is 1. The molecule has 0 spiro atoms. The van der Waals surface area contributed by atoms with Gasteiger partial charge in [-0.2, -0.15) is 0 Å². The van der Waals surface area contributed by atoms with E-state index in [1.165, 1.54) is 6.26 Å². The molecular formula is C13H28ClN3O2S. The summed E-state index contributed by atoms with van der Waals surface area (Å²) in [4.78, 5) is 2.46. The molecule has 0 aromatic rings. The van der Waals surface area contributed by atoms with Crippen LogP contribution in [0, 0.1) is 11.3 Å². The van der Waals surface area contributed by atoms with Gasteiger partial charge in [0.1, 0.15) is 0 Å². The minimum Gasteiger partial charge on any atom is -0.330 e. The van der Waals surface area contributed by atoms with Crippen molar-refractivity contribution in [3.63, 3.8) is 0 Å². The molecule has 120 valence electrons. The Kier molecular flexibility index (Phi) is 6.29. The molecule has 0 radical (unpaired) electrons. The third-order valence-electron chi connectivity index (χ3n) is 4.60. The van der Waals surface area contributed by atoms with Crippen molar-refractivity contribution < 1.29 is 8.42 Å². The average molecular weight is 326 g/mol. The topological polar surface area (TPSA) is 66.6 Å². The fourth-order valence-corrected chi connectivity index (χ4v) is 4.23. The van der Waals surface area contributed by atoms with Gasteiger partial charge in [0, 0.05) is 26.2 Å². The van der Waals surface area contributed by atoms with Crippen LogP contribution < -0.4 is 5.73 Å². The van der Waals surface area contributed by atoms with Crippen LogP contribution in [-0.4, -0.2) is 63.1 Å². The van der Waals surface area contributed by atoms with Gasteiger partial charge < -0.3 is 10.6 Å². The Hall–Kier alpha value is 0.120. The molecule has 5 nitrogen and oxygen atoms in total. The Bertz CT molecular complexity index is 418. The molecule has 2 heterocycles. The second kappa shape index (κ2) is 6.92. The molecule has 2 fully saturated rings. The summed E-state index contributed by atoms with van der Waals surface area (Å²) in [7, 11) is -3.03. The number of nitrogens with zero attached hydrogens (tertiary/aromatic N) is 2. The van der Waals surface area contributed by atoms with Crippen molar-refractivity contribution in [1.29, 1.82) is 0 Å². The summed E-state index contributed by atoms with van der Waals surface area (Å²) in [5, 5.41) is 0. The molecule has 2 aliphatic heterocycles. The molecule has 0 saturated carbocycles. The molecule has 0 aromatic carbocycles. The SMILES string of the molecule is CC1(CN)CCN(CC2CCCN(S(C)(=O)=O)C2)C1.Cl. The number of hydrogen-bond donors (Lipinski definition) is 1. The van der Waals surface area contributed by atoms with Crippen LogP contribution in [-0.2, 0) is 10.0 Å². The van der Waals surface area contributed by atoms with E-state index in [0.717, 1.165) is 45.4 Å². The second-order valence-electron chi connectivity index (χ2n) is 6.63. The zero-order valence-corrected chi connectivity index (χ0v) is 14.2. The number of hydrogen-bond acceptors (Lipinski definition) is 4. The maximum absolute atomic E-state index is 11.6. The van der Waals surface area contributed by atoms with E-state index in [9.17, 15) is 8.42 Å².